The molecule has 0 aromatic heterocycles. The van der Waals surface area contributed by atoms with Crippen LogP contribution in [0.2, 0.25) is 0 Å². The molecule has 7 aliphatic rings. The summed E-state index contributed by atoms with van der Waals surface area (Å²) in [5, 5.41) is 13.7. The van der Waals surface area contributed by atoms with Crippen molar-refractivity contribution in [3.05, 3.63) is 35.5 Å². The Hall–Kier alpha value is -1.51. The molecule has 0 radical (unpaired) electrons. The number of halogens is 1. The number of allylic oxidation sites excluding steroid dienone is 5. The smallest absolute Gasteiger partial charge is 0.306 e. The second-order valence-electron chi connectivity index (χ2n) is 20.2. The van der Waals surface area contributed by atoms with E-state index in [1.165, 1.54) is 74.3 Å². The Kier molecular flexibility index (Phi) is 11.5. The van der Waals surface area contributed by atoms with Crippen LogP contribution in [0.25, 0.3) is 0 Å². The highest BCUT2D eigenvalue weighted by molar-refractivity contribution is 7.91. The number of hydrogen-bond acceptors (Lipinski definition) is 5. The molecule has 8 heteroatoms. The van der Waals surface area contributed by atoms with Crippen LogP contribution < -0.4 is 5.32 Å². The molecule has 1 saturated heterocycles. The first-order valence-corrected chi connectivity index (χ1v) is 23.2. The Bertz CT molecular complexity index is 1580. The van der Waals surface area contributed by atoms with Crippen molar-refractivity contribution in [3.63, 3.8) is 0 Å². The Labute approximate surface area is 322 Å². The largest absolute Gasteiger partial charge is 0.481 e. The van der Waals surface area contributed by atoms with E-state index in [2.05, 4.69) is 70.5 Å². The Balaban J connectivity index is 0.00000236. The number of hydrogen-bond donors (Lipinski definition) is 2. The van der Waals surface area contributed by atoms with Crippen molar-refractivity contribution in [3.8, 4) is 0 Å². The molecule has 300 valence electrons. The van der Waals surface area contributed by atoms with E-state index in [0.717, 1.165) is 58.3 Å². The molecule has 1 aliphatic heterocycles. The van der Waals surface area contributed by atoms with E-state index in [9.17, 15) is 22.7 Å². The Morgan fingerprint density at radius 2 is 1.62 bits per heavy atom. The van der Waals surface area contributed by atoms with Gasteiger partial charge in [-0.3, -0.25) is 9.18 Å². The van der Waals surface area contributed by atoms with Crippen LogP contribution >= 0.6 is 0 Å². The summed E-state index contributed by atoms with van der Waals surface area (Å²) in [6.07, 6.45) is 21.7. The van der Waals surface area contributed by atoms with E-state index in [4.69, 9.17) is 0 Å². The van der Waals surface area contributed by atoms with Gasteiger partial charge in [0.25, 0.3) is 0 Å². The Morgan fingerprint density at radius 1 is 0.925 bits per heavy atom. The minimum Gasteiger partial charge on any atom is -0.481 e. The maximum atomic E-state index is 12.1. The van der Waals surface area contributed by atoms with Crippen LogP contribution in [0.5, 0.6) is 0 Å². The number of carboxylic acid groups (broad SMARTS) is 1. The van der Waals surface area contributed by atoms with Gasteiger partial charge in [0.2, 0.25) is 0 Å². The van der Waals surface area contributed by atoms with Gasteiger partial charge in [-0.05, 0) is 172 Å². The highest BCUT2D eigenvalue weighted by atomic mass is 32.2. The van der Waals surface area contributed by atoms with E-state index in [-0.39, 0.29) is 27.5 Å². The maximum absolute atomic E-state index is 12.1. The fourth-order valence-corrected chi connectivity index (χ4v) is 16.0. The number of rotatable bonds is 8. The summed E-state index contributed by atoms with van der Waals surface area (Å²) in [4.78, 5) is 14.2. The van der Waals surface area contributed by atoms with Gasteiger partial charge in [-0.25, -0.2) is 8.42 Å². The molecule has 6 aliphatic carbocycles. The van der Waals surface area contributed by atoms with E-state index < -0.39 is 15.8 Å². The minimum atomic E-state index is -2.94. The molecule has 0 spiro atoms. The lowest BCUT2D eigenvalue weighted by Gasteiger charge is -2.72. The monoisotopic (exact) mass is 757 g/mol. The van der Waals surface area contributed by atoms with Gasteiger partial charge in [0.05, 0.1) is 18.3 Å². The molecule has 0 aromatic carbocycles. The molecular formula is C45H73FN2O4S. The van der Waals surface area contributed by atoms with Crippen molar-refractivity contribution in [2.45, 2.75) is 142 Å². The lowest BCUT2D eigenvalue weighted by atomic mass is 9.33. The molecule has 0 amide bonds. The third kappa shape index (κ3) is 6.76. The Morgan fingerprint density at radius 3 is 2.23 bits per heavy atom. The zero-order valence-corrected chi connectivity index (χ0v) is 35.4. The number of carbonyl (C=O) groups is 1. The van der Waals surface area contributed by atoms with Gasteiger partial charge in [-0.1, -0.05) is 58.9 Å². The fraction of sp³-hybridized carbons (Fsp3) is 0.844. The zero-order valence-electron chi connectivity index (χ0n) is 34.5. The molecule has 0 aromatic rings. The van der Waals surface area contributed by atoms with Crippen molar-refractivity contribution in [2.75, 3.05) is 39.6 Å². The molecule has 2 N–H and O–H groups in total. The summed E-state index contributed by atoms with van der Waals surface area (Å²) in [7, 11) is -2.44. The van der Waals surface area contributed by atoms with Crippen LogP contribution in [-0.4, -0.2) is 74.8 Å². The number of nitrogens with zero attached hydrogens (tertiary/aromatic N) is 1. The van der Waals surface area contributed by atoms with Crippen molar-refractivity contribution in [2.24, 2.45) is 57.2 Å². The number of sulfone groups is 1. The topological polar surface area (TPSA) is 86.7 Å². The summed E-state index contributed by atoms with van der Waals surface area (Å²) in [6, 6.07) is 0. The second-order valence-corrected chi connectivity index (χ2v) is 22.5. The molecule has 5 fully saturated rings. The van der Waals surface area contributed by atoms with E-state index in [1.807, 2.05) is 0 Å². The lowest BCUT2D eigenvalue weighted by Crippen LogP contribution is -2.68. The molecule has 7 unspecified atom stereocenters. The molecule has 1 heterocycles. The number of nitrogens with one attached hydrogen (secondary N) is 1. The van der Waals surface area contributed by atoms with Crippen molar-refractivity contribution < 1.29 is 22.7 Å². The summed E-state index contributed by atoms with van der Waals surface area (Å²) in [5.41, 5.74) is 5.50. The number of alkyl halides is 1. The van der Waals surface area contributed by atoms with Gasteiger partial charge in [-0.2, -0.15) is 0 Å². The predicted molar refractivity (Wildman–Crippen MR) is 215 cm³/mol. The van der Waals surface area contributed by atoms with Gasteiger partial charge in [0, 0.05) is 24.9 Å². The summed E-state index contributed by atoms with van der Waals surface area (Å²) in [5.74, 6) is 2.40. The van der Waals surface area contributed by atoms with Gasteiger partial charge in [0.1, 0.15) is 9.84 Å². The van der Waals surface area contributed by atoms with Crippen molar-refractivity contribution in [1.82, 2.24) is 10.2 Å². The normalized spacial score (nSPS) is 42.7. The van der Waals surface area contributed by atoms with Gasteiger partial charge in [-0.15, -0.1) is 0 Å². The molecule has 10 atom stereocenters. The molecule has 6 nitrogen and oxygen atoms in total. The van der Waals surface area contributed by atoms with E-state index >= 15 is 0 Å². The molecule has 53 heavy (non-hydrogen) atoms. The van der Waals surface area contributed by atoms with Crippen LogP contribution in [0.15, 0.2) is 35.5 Å². The maximum Gasteiger partial charge on any atom is 0.306 e. The van der Waals surface area contributed by atoms with Gasteiger partial charge >= 0.3 is 5.97 Å². The van der Waals surface area contributed by atoms with Crippen molar-refractivity contribution in [1.29, 1.82) is 0 Å². The first kappa shape index (κ1) is 41.1. The number of aliphatic carboxylic acids is 1. The van der Waals surface area contributed by atoms with Crippen LogP contribution in [0, 0.1) is 57.2 Å². The number of carboxylic acids is 1. The highest BCUT2D eigenvalue weighted by Gasteiger charge is 2.70. The molecule has 0 bridgehead atoms. The van der Waals surface area contributed by atoms with Crippen LogP contribution in [-0.2, 0) is 14.6 Å². The average Bonchev–Trinajstić information content (AvgIpc) is 3.49. The standard InChI is InChI=1S/C44H70N2O4S.CH3F/c1-29(2)33-15-22-44(45-25-28-46-26-18-32(19-27-46)51(8,49)50)24-23-42(6)35(38(33)44)13-14-37-41(5)20-16-34(30-9-11-31(12-10-30)39(47)48)40(3,4)36(41)17-21-43(37,42)7;1-2/h9,16,31-33,35-38,45H,1,10-15,17-28H2,2-8H3,(H,47,48);1H3/t31?,33-,35?,36?,37?,38+,41?,42+,43?,44?;/m0./s1. The number of piperidine rings is 1. The lowest BCUT2D eigenvalue weighted by molar-refractivity contribution is -0.221. The summed E-state index contributed by atoms with van der Waals surface area (Å²) >= 11 is 0. The van der Waals surface area contributed by atoms with Crippen LogP contribution in [0.3, 0.4) is 0 Å². The second kappa shape index (κ2) is 14.8. The SMILES string of the molecule is C=C(C)[C@@H]1CCC2(NCCN3CCC(S(C)(=O)=O)CC3)CC[C@]3(C)C(CCC4C5(C)CC=C(C6=CCC(C(=O)O)CC6)C(C)(C)C5CCC43C)[C@@H]12.CF. The summed E-state index contributed by atoms with van der Waals surface area (Å²) in [6.45, 7) is 23.9. The van der Waals surface area contributed by atoms with Crippen LogP contribution in [0.1, 0.15) is 131 Å². The van der Waals surface area contributed by atoms with Gasteiger partial charge < -0.3 is 15.3 Å². The third-order valence-electron chi connectivity index (χ3n) is 17.8. The van der Waals surface area contributed by atoms with E-state index in [1.54, 1.807) is 0 Å². The predicted octanol–water partition coefficient (Wildman–Crippen LogP) is 9.43. The number of likely N-dealkylation sites (tertiary alicyclic amines) is 1. The van der Waals surface area contributed by atoms with Crippen molar-refractivity contribution >= 4 is 15.8 Å². The molecular weight excluding hydrogens is 684 g/mol. The minimum absolute atomic E-state index is 0.0934. The van der Waals surface area contributed by atoms with Gasteiger partial charge in [0.15, 0.2) is 0 Å². The number of fused-ring (bicyclic) bond motifs is 7. The molecule has 7 rings (SSSR count). The first-order chi connectivity index (χ1) is 24.9. The average molecular weight is 757 g/mol. The fourth-order valence-electron chi connectivity index (χ4n) is 14.9. The van der Waals surface area contributed by atoms with E-state index in [0.29, 0.717) is 54.0 Å². The third-order valence-corrected chi connectivity index (χ3v) is 19.5. The molecule has 4 saturated carbocycles. The van der Waals surface area contributed by atoms with Crippen LogP contribution in [0.4, 0.5) is 4.39 Å². The highest BCUT2D eigenvalue weighted by Crippen LogP contribution is 2.76. The quantitative estimate of drug-likeness (QED) is 0.240. The zero-order chi connectivity index (χ0) is 38.8. The summed E-state index contributed by atoms with van der Waals surface area (Å²) < 4.78 is 33.8. The first-order valence-electron chi connectivity index (χ1n) is 21.2.